The van der Waals surface area contributed by atoms with Crippen LogP contribution in [0.1, 0.15) is 54.1 Å². The van der Waals surface area contributed by atoms with Gasteiger partial charge in [-0.1, -0.05) is 73.9 Å². The Kier molecular flexibility index (Phi) is 5.95. The number of carbonyl (C=O) groups excluding carboxylic acids is 1. The number of rotatable bonds is 5. The first-order valence-electron chi connectivity index (χ1n) is 10.4. The number of ether oxygens (including phenoxy) is 1. The summed E-state index contributed by atoms with van der Waals surface area (Å²) in [5, 5.41) is 9.44. The fraction of sp³-hybridized carbons (Fsp3) is 0.269. The molecule has 1 aliphatic rings. The number of benzene rings is 3. The third kappa shape index (κ3) is 4.68. The molecule has 3 aromatic rings. The predicted molar refractivity (Wildman–Crippen MR) is 115 cm³/mol. The summed E-state index contributed by atoms with van der Waals surface area (Å²) in [5.41, 5.74) is 3.62. The number of hydrogen-bond acceptors (Lipinski definition) is 3. The molecule has 0 amide bonds. The molecule has 0 spiro atoms. The van der Waals surface area contributed by atoms with Gasteiger partial charge in [0.15, 0.2) is 0 Å². The second-order valence-electron chi connectivity index (χ2n) is 7.76. The maximum atomic E-state index is 12.9. The lowest BCUT2D eigenvalue weighted by atomic mass is 9.82. The molecule has 1 aliphatic carbocycles. The predicted octanol–water partition coefficient (Wildman–Crippen LogP) is 6.54. The van der Waals surface area contributed by atoms with Gasteiger partial charge in [-0.05, 0) is 53.8 Å². The third-order valence-corrected chi connectivity index (χ3v) is 5.76. The Hall–Kier alpha value is -3.07. The van der Waals surface area contributed by atoms with Gasteiger partial charge in [0, 0.05) is 5.92 Å². The Morgan fingerprint density at radius 2 is 1.38 bits per heavy atom. The minimum Gasteiger partial charge on any atom is -0.508 e. The fourth-order valence-corrected chi connectivity index (χ4v) is 4.15. The molecule has 3 heteroatoms. The molecule has 4 rings (SSSR count). The van der Waals surface area contributed by atoms with Gasteiger partial charge in [0.1, 0.15) is 11.9 Å². The number of phenols is 1. The van der Waals surface area contributed by atoms with E-state index in [9.17, 15) is 9.90 Å². The first-order chi connectivity index (χ1) is 14.2. The summed E-state index contributed by atoms with van der Waals surface area (Å²) in [6.07, 6.45) is 5.68. The van der Waals surface area contributed by atoms with E-state index in [4.69, 9.17) is 4.74 Å². The molecule has 0 saturated heterocycles. The highest BCUT2D eigenvalue weighted by molar-refractivity contribution is 5.90. The standard InChI is InChI=1S/C26H26O3/c27-24-17-15-20(16-18-24)19-11-13-23(14-12-19)26(28)29-25(21-7-3-1-4-8-21)22-9-5-2-6-10-22/h1,3-4,7-8,11-18,22,25,27H,2,5-6,9-10H2. The van der Waals surface area contributed by atoms with E-state index in [-0.39, 0.29) is 17.8 Å². The molecule has 1 N–H and O–H groups in total. The van der Waals surface area contributed by atoms with Crippen LogP contribution in [0.25, 0.3) is 11.1 Å². The van der Waals surface area contributed by atoms with Crippen molar-refractivity contribution >= 4 is 5.97 Å². The molecular weight excluding hydrogens is 360 g/mol. The number of carbonyl (C=O) groups is 1. The molecule has 0 aromatic heterocycles. The molecule has 1 fully saturated rings. The minimum atomic E-state index is -0.276. The fourth-order valence-electron chi connectivity index (χ4n) is 4.15. The monoisotopic (exact) mass is 386 g/mol. The molecule has 3 aromatic carbocycles. The van der Waals surface area contributed by atoms with Gasteiger partial charge in [0.05, 0.1) is 5.56 Å². The van der Waals surface area contributed by atoms with Gasteiger partial charge in [-0.3, -0.25) is 0 Å². The maximum Gasteiger partial charge on any atom is 0.338 e. The van der Waals surface area contributed by atoms with E-state index in [0.29, 0.717) is 11.5 Å². The summed E-state index contributed by atoms with van der Waals surface area (Å²) in [6.45, 7) is 0. The summed E-state index contributed by atoms with van der Waals surface area (Å²) < 4.78 is 6.05. The second-order valence-corrected chi connectivity index (χ2v) is 7.76. The van der Waals surface area contributed by atoms with Crippen LogP contribution >= 0.6 is 0 Å². The maximum absolute atomic E-state index is 12.9. The van der Waals surface area contributed by atoms with E-state index < -0.39 is 0 Å². The quantitative estimate of drug-likeness (QED) is 0.507. The SMILES string of the molecule is O=C(OC(c1ccccc1)C1CCCCC1)c1ccc(-c2ccc(O)cc2)cc1. The number of phenolic OH excluding ortho intramolecular Hbond substituents is 1. The third-order valence-electron chi connectivity index (χ3n) is 5.76. The first-order valence-corrected chi connectivity index (χ1v) is 10.4. The van der Waals surface area contributed by atoms with Crippen molar-refractivity contribution in [2.75, 3.05) is 0 Å². The Bertz CT molecular complexity index is 924. The zero-order valence-corrected chi connectivity index (χ0v) is 16.5. The Morgan fingerprint density at radius 1 is 0.793 bits per heavy atom. The molecule has 1 unspecified atom stereocenters. The Morgan fingerprint density at radius 3 is 2.00 bits per heavy atom. The molecule has 1 saturated carbocycles. The second kappa shape index (κ2) is 8.95. The molecule has 3 nitrogen and oxygen atoms in total. The summed E-state index contributed by atoms with van der Waals surface area (Å²) >= 11 is 0. The van der Waals surface area contributed by atoms with Crippen molar-refractivity contribution in [2.24, 2.45) is 5.92 Å². The van der Waals surface area contributed by atoms with Crippen molar-refractivity contribution < 1.29 is 14.6 Å². The van der Waals surface area contributed by atoms with Gasteiger partial charge < -0.3 is 9.84 Å². The molecule has 0 heterocycles. The van der Waals surface area contributed by atoms with Crippen LogP contribution in [0.3, 0.4) is 0 Å². The summed E-state index contributed by atoms with van der Waals surface area (Å²) in [5.74, 6) is 0.344. The van der Waals surface area contributed by atoms with Crippen LogP contribution in [0.4, 0.5) is 0 Å². The highest BCUT2D eigenvalue weighted by Crippen LogP contribution is 2.37. The minimum absolute atomic E-state index is 0.194. The highest BCUT2D eigenvalue weighted by atomic mass is 16.5. The van der Waals surface area contributed by atoms with E-state index in [1.165, 1.54) is 19.3 Å². The topological polar surface area (TPSA) is 46.5 Å². The number of esters is 1. The van der Waals surface area contributed by atoms with Crippen LogP contribution < -0.4 is 0 Å². The van der Waals surface area contributed by atoms with E-state index in [2.05, 4.69) is 12.1 Å². The molecule has 29 heavy (non-hydrogen) atoms. The zero-order valence-electron chi connectivity index (χ0n) is 16.5. The molecular formula is C26H26O3. The van der Waals surface area contributed by atoms with Crippen molar-refractivity contribution in [3.05, 3.63) is 90.0 Å². The Balaban J connectivity index is 1.52. The summed E-state index contributed by atoms with van der Waals surface area (Å²) in [4.78, 5) is 12.9. The normalized spacial score (nSPS) is 15.6. The van der Waals surface area contributed by atoms with Gasteiger partial charge >= 0.3 is 5.97 Å². The van der Waals surface area contributed by atoms with Crippen molar-refractivity contribution in [3.63, 3.8) is 0 Å². The molecule has 0 radical (unpaired) electrons. The van der Waals surface area contributed by atoms with Crippen LogP contribution in [-0.2, 0) is 4.74 Å². The lowest BCUT2D eigenvalue weighted by Crippen LogP contribution is -2.22. The van der Waals surface area contributed by atoms with E-state index in [1.807, 2.05) is 54.6 Å². The van der Waals surface area contributed by atoms with Gasteiger partial charge in [-0.15, -0.1) is 0 Å². The van der Waals surface area contributed by atoms with Crippen LogP contribution in [0, 0.1) is 5.92 Å². The average Bonchev–Trinajstić information content (AvgIpc) is 2.79. The lowest BCUT2D eigenvalue weighted by Gasteiger charge is -2.30. The van der Waals surface area contributed by atoms with Gasteiger partial charge in [-0.25, -0.2) is 4.79 Å². The number of hydrogen-bond donors (Lipinski definition) is 1. The van der Waals surface area contributed by atoms with Crippen molar-refractivity contribution in [1.82, 2.24) is 0 Å². The average molecular weight is 386 g/mol. The van der Waals surface area contributed by atoms with Crippen LogP contribution in [-0.4, -0.2) is 11.1 Å². The summed E-state index contributed by atoms with van der Waals surface area (Å²) in [6, 6.07) is 24.6. The van der Waals surface area contributed by atoms with E-state index >= 15 is 0 Å². The molecule has 148 valence electrons. The highest BCUT2D eigenvalue weighted by Gasteiger charge is 2.28. The van der Waals surface area contributed by atoms with Gasteiger partial charge in [0.25, 0.3) is 0 Å². The zero-order chi connectivity index (χ0) is 20.1. The molecule has 1 atom stereocenters. The molecule has 0 bridgehead atoms. The van der Waals surface area contributed by atoms with E-state index in [1.54, 1.807) is 12.1 Å². The summed E-state index contributed by atoms with van der Waals surface area (Å²) in [7, 11) is 0. The van der Waals surface area contributed by atoms with Crippen molar-refractivity contribution in [1.29, 1.82) is 0 Å². The van der Waals surface area contributed by atoms with E-state index in [0.717, 1.165) is 29.5 Å². The molecule has 0 aliphatic heterocycles. The van der Waals surface area contributed by atoms with Crippen molar-refractivity contribution in [2.45, 2.75) is 38.2 Å². The van der Waals surface area contributed by atoms with Gasteiger partial charge in [-0.2, -0.15) is 0 Å². The lowest BCUT2D eigenvalue weighted by molar-refractivity contribution is 0.00669. The van der Waals surface area contributed by atoms with Crippen LogP contribution in [0.15, 0.2) is 78.9 Å². The smallest absolute Gasteiger partial charge is 0.338 e. The van der Waals surface area contributed by atoms with Crippen LogP contribution in [0.5, 0.6) is 5.75 Å². The largest absolute Gasteiger partial charge is 0.508 e. The number of aromatic hydroxyl groups is 1. The van der Waals surface area contributed by atoms with Gasteiger partial charge in [0.2, 0.25) is 0 Å². The van der Waals surface area contributed by atoms with Crippen molar-refractivity contribution in [3.8, 4) is 16.9 Å². The first kappa shape index (κ1) is 19.3. The van der Waals surface area contributed by atoms with Crippen LogP contribution in [0.2, 0.25) is 0 Å². The Labute approximate surface area is 172 Å².